The highest BCUT2D eigenvalue weighted by atomic mass is 16.5. The molecular formula is C16H15N3O3. The third-order valence-electron chi connectivity index (χ3n) is 3.06. The number of hydrogen-bond donors (Lipinski definition) is 2. The first-order valence-corrected chi connectivity index (χ1v) is 6.78. The molecule has 0 aliphatic heterocycles. The van der Waals surface area contributed by atoms with Crippen LogP contribution < -0.4 is 15.2 Å². The van der Waals surface area contributed by atoms with Gasteiger partial charge in [0.25, 0.3) is 5.91 Å². The number of fused-ring (bicyclic) bond motifs is 1. The monoisotopic (exact) mass is 297 g/mol. The maximum Gasteiger partial charge on any atom is 0.255 e. The van der Waals surface area contributed by atoms with Crippen LogP contribution in [0.3, 0.4) is 0 Å². The Hall–Kier alpha value is -3.02. The number of benzene rings is 1. The lowest BCUT2D eigenvalue weighted by atomic mass is 10.3. The number of aromatic nitrogens is 2. The number of H-pyrrole nitrogens is 1. The molecule has 112 valence electrons. The number of nitrogens with one attached hydrogen (secondary N) is 1. The lowest BCUT2D eigenvalue weighted by Crippen LogP contribution is -2.20. The van der Waals surface area contributed by atoms with E-state index in [0.29, 0.717) is 18.1 Å². The summed E-state index contributed by atoms with van der Waals surface area (Å²) in [6.07, 6.45) is 1.84. The molecule has 2 heterocycles. The van der Waals surface area contributed by atoms with Gasteiger partial charge in [-0.25, -0.2) is 4.98 Å². The van der Waals surface area contributed by atoms with Gasteiger partial charge in [-0.1, -0.05) is 12.1 Å². The summed E-state index contributed by atoms with van der Waals surface area (Å²) in [5.41, 5.74) is 6.69. The predicted molar refractivity (Wildman–Crippen MR) is 81.6 cm³/mol. The van der Waals surface area contributed by atoms with E-state index in [1.54, 1.807) is 18.2 Å². The van der Waals surface area contributed by atoms with Gasteiger partial charge in [0.05, 0.1) is 5.69 Å². The molecule has 3 rings (SSSR count). The molecule has 1 amide bonds. The molecule has 22 heavy (non-hydrogen) atoms. The van der Waals surface area contributed by atoms with Crippen molar-refractivity contribution < 1.29 is 14.3 Å². The Labute approximate surface area is 126 Å². The highest BCUT2D eigenvalue weighted by Gasteiger charge is 2.07. The molecule has 0 saturated heterocycles. The summed E-state index contributed by atoms with van der Waals surface area (Å²) in [7, 11) is 0. The van der Waals surface area contributed by atoms with Crippen molar-refractivity contribution in [2.45, 2.75) is 6.61 Å². The van der Waals surface area contributed by atoms with Crippen molar-refractivity contribution in [1.29, 1.82) is 0 Å². The zero-order chi connectivity index (χ0) is 15.4. The highest BCUT2D eigenvalue weighted by molar-refractivity contribution is 5.75. The van der Waals surface area contributed by atoms with Crippen molar-refractivity contribution >= 4 is 16.9 Å². The normalized spacial score (nSPS) is 10.5. The number of ether oxygens (including phenoxy) is 2. The Balaban J connectivity index is 1.71. The second-order valence-corrected chi connectivity index (χ2v) is 4.71. The van der Waals surface area contributed by atoms with Gasteiger partial charge < -0.3 is 20.2 Å². The molecule has 0 unspecified atom stereocenters. The van der Waals surface area contributed by atoms with E-state index in [1.807, 2.05) is 30.5 Å². The first-order valence-electron chi connectivity index (χ1n) is 6.78. The van der Waals surface area contributed by atoms with Gasteiger partial charge in [0, 0.05) is 11.6 Å². The number of hydrogen-bond acceptors (Lipinski definition) is 4. The maximum atomic E-state index is 10.8. The Morgan fingerprint density at radius 3 is 2.64 bits per heavy atom. The van der Waals surface area contributed by atoms with E-state index < -0.39 is 5.91 Å². The zero-order valence-corrected chi connectivity index (χ0v) is 11.8. The van der Waals surface area contributed by atoms with E-state index in [0.717, 1.165) is 16.7 Å². The Bertz CT molecular complexity index is 798. The van der Waals surface area contributed by atoms with Crippen LogP contribution in [-0.4, -0.2) is 22.5 Å². The number of carbonyl (C=O) groups excluding carboxylic acids is 1. The first-order chi connectivity index (χ1) is 10.7. The van der Waals surface area contributed by atoms with Gasteiger partial charge in [0.1, 0.15) is 12.3 Å². The van der Waals surface area contributed by atoms with Gasteiger partial charge in [-0.3, -0.25) is 4.79 Å². The number of aromatic amines is 1. The molecule has 0 bridgehead atoms. The number of nitrogens with zero attached hydrogens (tertiary/aromatic N) is 1. The quantitative estimate of drug-likeness (QED) is 0.728. The van der Waals surface area contributed by atoms with Crippen LogP contribution in [0.15, 0.2) is 48.7 Å². The molecule has 0 radical (unpaired) electrons. The van der Waals surface area contributed by atoms with E-state index in [9.17, 15) is 4.79 Å². The summed E-state index contributed by atoms with van der Waals surface area (Å²) in [5, 5.41) is 1.05. The molecule has 0 atom stereocenters. The Morgan fingerprint density at radius 2 is 1.86 bits per heavy atom. The van der Waals surface area contributed by atoms with Gasteiger partial charge in [-0.15, -0.1) is 0 Å². The second kappa shape index (κ2) is 6.17. The van der Waals surface area contributed by atoms with Crippen molar-refractivity contribution in [2.75, 3.05) is 6.61 Å². The minimum atomic E-state index is -0.534. The van der Waals surface area contributed by atoms with Crippen molar-refractivity contribution in [1.82, 2.24) is 9.97 Å². The smallest absolute Gasteiger partial charge is 0.255 e. The molecule has 2 aromatic heterocycles. The molecule has 0 spiro atoms. The fourth-order valence-corrected chi connectivity index (χ4v) is 2.04. The molecule has 0 aliphatic carbocycles. The van der Waals surface area contributed by atoms with Gasteiger partial charge in [-0.05, 0) is 30.3 Å². The van der Waals surface area contributed by atoms with Gasteiger partial charge in [-0.2, -0.15) is 0 Å². The maximum absolute atomic E-state index is 10.8. The van der Waals surface area contributed by atoms with Gasteiger partial charge in [0.15, 0.2) is 18.1 Å². The fraction of sp³-hybridized carbons (Fsp3) is 0.125. The standard InChI is InChI=1S/C16H15N3O3/c17-15(20)10-22-14-4-2-1-3-13(14)21-9-12-6-5-11-7-8-18-16(11)19-12/h1-8H,9-10H2,(H2,17,20)(H,18,19). The molecule has 0 aliphatic rings. The number of amides is 1. The SMILES string of the molecule is NC(=O)COc1ccccc1OCc1ccc2cc[nH]c2n1. The number of para-hydroxylation sites is 2. The van der Waals surface area contributed by atoms with E-state index >= 15 is 0 Å². The van der Waals surface area contributed by atoms with Crippen LogP contribution in [0.1, 0.15) is 5.69 Å². The molecule has 6 heteroatoms. The van der Waals surface area contributed by atoms with Crippen LogP contribution in [0.25, 0.3) is 11.0 Å². The van der Waals surface area contributed by atoms with Crippen molar-refractivity contribution in [2.24, 2.45) is 5.73 Å². The minimum absolute atomic E-state index is 0.187. The first kappa shape index (κ1) is 13.9. The average Bonchev–Trinajstić information content (AvgIpc) is 2.99. The number of primary amides is 1. The summed E-state index contributed by atoms with van der Waals surface area (Å²) in [6, 6.07) is 13.0. The predicted octanol–water partition coefficient (Wildman–Crippen LogP) is 2.01. The Kier molecular flexibility index (Phi) is 3.91. The lowest BCUT2D eigenvalue weighted by molar-refractivity contribution is -0.119. The van der Waals surface area contributed by atoms with Crippen LogP contribution in [0.2, 0.25) is 0 Å². The fourth-order valence-electron chi connectivity index (χ4n) is 2.04. The van der Waals surface area contributed by atoms with Crippen LogP contribution in [0, 0.1) is 0 Å². The van der Waals surface area contributed by atoms with Crippen LogP contribution >= 0.6 is 0 Å². The van der Waals surface area contributed by atoms with E-state index in [2.05, 4.69) is 9.97 Å². The van der Waals surface area contributed by atoms with Crippen LogP contribution in [0.4, 0.5) is 0 Å². The third-order valence-corrected chi connectivity index (χ3v) is 3.06. The van der Waals surface area contributed by atoms with Gasteiger partial charge in [0.2, 0.25) is 0 Å². The lowest BCUT2D eigenvalue weighted by Gasteiger charge is -2.11. The van der Waals surface area contributed by atoms with Crippen LogP contribution in [-0.2, 0) is 11.4 Å². The van der Waals surface area contributed by atoms with Crippen molar-refractivity contribution in [3.05, 3.63) is 54.4 Å². The zero-order valence-electron chi connectivity index (χ0n) is 11.8. The topological polar surface area (TPSA) is 90.2 Å². The summed E-state index contributed by atoms with van der Waals surface area (Å²) in [6.45, 7) is 0.110. The summed E-state index contributed by atoms with van der Waals surface area (Å²) in [5.74, 6) is 0.480. The molecule has 0 fully saturated rings. The number of carbonyl (C=O) groups is 1. The van der Waals surface area contributed by atoms with E-state index in [4.69, 9.17) is 15.2 Å². The minimum Gasteiger partial charge on any atom is -0.483 e. The molecule has 0 saturated carbocycles. The molecular weight excluding hydrogens is 282 g/mol. The average molecular weight is 297 g/mol. The van der Waals surface area contributed by atoms with Crippen LogP contribution in [0.5, 0.6) is 11.5 Å². The van der Waals surface area contributed by atoms with E-state index in [1.165, 1.54) is 0 Å². The third kappa shape index (κ3) is 3.17. The summed E-state index contributed by atoms with van der Waals surface area (Å²) in [4.78, 5) is 18.3. The number of rotatable bonds is 6. The summed E-state index contributed by atoms with van der Waals surface area (Å²) >= 11 is 0. The summed E-state index contributed by atoms with van der Waals surface area (Å²) < 4.78 is 11.0. The van der Waals surface area contributed by atoms with Gasteiger partial charge >= 0.3 is 0 Å². The number of pyridine rings is 1. The Morgan fingerprint density at radius 1 is 1.09 bits per heavy atom. The highest BCUT2D eigenvalue weighted by Crippen LogP contribution is 2.27. The molecule has 1 aromatic carbocycles. The largest absolute Gasteiger partial charge is 0.483 e. The number of nitrogens with two attached hydrogens (primary N) is 1. The van der Waals surface area contributed by atoms with Crippen molar-refractivity contribution in [3.8, 4) is 11.5 Å². The molecule has 6 nitrogen and oxygen atoms in total. The molecule has 3 aromatic rings. The van der Waals surface area contributed by atoms with Crippen molar-refractivity contribution in [3.63, 3.8) is 0 Å². The van der Waals surface area contributed by atoms with E-state index in [-0.39, 0.29) is 6.61 Å². The second-order valence-electron chi connectivity index (χ2n) is 4.71. The molecule has 3 N–H and O–H groups in total.